The molecule has 0 saturated heterocycles. The van der Waals surface area contributed by atoms with Gasteiger partial charge in [-0.3, -0.25) is 4.79 Å². The van der Waals surface area contributed by atoms with Crippen LogP contribution >= 0.6 is 0 Å². The Labute approximate surface area is 78.3 Å². The van der Waals surface area contributed by atoms with E-state index in [0.717, 1.165) is 25.7 Å². The van der Waals surface area contributed by atoms with Crippen LogP contribution < -0.4 is 0 Å². The van der Waals surface area contributed by atoms with Crippen LogP contribution in [0.1, 0.15) is 39.0 Å². The van der Waals surface area contributed by atoms with E-state index < -0.39 is 0 Å². The highest BCUT2D eigenvalue weighted by atomic mass is 16.3. The average molecular weight is 180 g/mol. The molecule has 13 heavy (non-hydrogen) atoms. The molecule has 1 spiro atoms. The average Bonchev–Trinajstić information content (AvgIpc) is 2.51. The normalized spacial score (nSPS) is 58.8. The van der Waals surface area contributed by atoms with Gasteiger partial charge < -0.3 is 5.11 Å². The molecule has 0 amide bonds. The highest BCUT2D eigenvalue weighted by Crippen LogP contribution is 2.73. The van der Waals surface area contributed by atoms with Crippen LogP contribution in [0.3, 0.4) is 0 Å². The Kier molecular flexibility index (Phi) is 1.23. The van der Waals surface area contributed by atoms with Crippen molar-refractivity contribution in [3.05, 3.63) is 0 Å². The summed E-state index contributed by atoms with van der Waals surface area (Å²) in [5.74, 6) is 0.574. The molecular weight excluding hydrogens is 164 g/mol. The number of aliphatic hydroxyl groups excluding tert-OH is 1. The highest BCUT2D eigenvalue weighted by molar-refractivity contribution is 5.98. The van der Waals surface area contributed by atoms with Gasteiger partial charge in [-0.05, 0) is 24.7 Å². The Balaban J connectivity index is 2.10. The van der Waals surface area contributed by atoms with Gasteiger partial charge in [0.15, 0.2) is 0 Å². The maximum absolute atomic E-state index is 11.8. The fourth-order valence-corrected chi connectivity index (χ4v) is 4.32. The minimum Gasteiger partial charge on any atom is -0.392 e. The minimum absolute atomic E-state index is 0.168. The lowest BCUT2D eigenvalue weighted by Gasteiger charge is -2.58. The largest absolute Gasteiger partial charge is 0.392 e. The Morgan fingerprint density at radius 1 is 1.38 bits per heavy atom. The van der Waals surface area contributed by atoms with Crippen molar-refractivity contribution in [3.63, 3.8) is 0 Å². The molecular formula is C11H16O2. The predicted octanol–water partition coefficient (Wildman–Crippen LogP) is 1.52. The van der Waals surface area contributed by atoms with Crippen LogP contribution in [0, 0.1) is 16.7 Å². The van der Waals surface area contributed by atoms with E-state index in [1.165, 1.54) is 6.42 Å². The molecule has 0 aromatic heterocycles. The van der Waals surface area contributed by atoms with Crippen LogP contribution in [-0.2, 0) is 4.79 Å². The van der Waals surface area contributed by atoms with Gasteiger partial charge in [-0.15, -0.1) is 0 Å². The number of carbonyl (C=O) groups excluding carboxylic acids is 1. The third-order valence-corrected chi connectivity index (χ3v) is 5.09. The molecule has 0 aromatic carbocycles. The van der Waals surface area contributed by atoms with Crippen LogP contribution in [0.2, 0.25) is 0 Å². The molecule has 4 fully saturated rings. The van der Waals surface area contributed by atoms with E-state index in [-0.39, 0.29) is 22.9 Å². The van der Waals surface area contributed by atoms with Gasteiger partial charge in [0.2, 0.25) is 0 Å². The number of carbonyl (C=O) groups is 1. The molecule has 1 N–H and O–H groups in total. The van der Waals surface area contributed by atoms with Gasteiger partial charge in [0.25, 0.3) is 0 Å². The summed E-state index contributed by atoms with van der Waals surface area (Å²) >= 11 is 0. The van der Waals surface area contributed by atoms with Crippen LogP contribution in [-0.4, -0.2) is 17.0 Å². The first-order chi connectivity index (χ1) is 6.13. The van der Waals surface area contributed by atoms with Crippen molar-refractivity contribution in [1.82, 2.24) is 0 Å². The topological polar surface area (TPSA) is 37.3 Å². The molecule has 2 bridgehead atoms. The summed E-state index contributed by atoms with van der Waals surface area (Å²) in [5, 5.41) is 9.94. The molecule has 0 aromatic rings. The molecule has 4 aliphatic carbocycles. The fourth-order valence-electron chi connectivity index (χ4n) is 4.32. The van der Waals surface area contributed by atoms with Crippen LogP contribution in [0.4, 0.5) is 0 Å². The number of Topliss-reactive ketones (excluding diaryl/α,β-unsaturated/α-hetero) is 1. The number of rotatable bonds is 0. The van der Waals surface area contributed by atoms with E-state index in [4.69, 9.17) is 0 Å². The summed E-state index contributed by atoms with van der Waals surface area (Å²) in [4.78, 5) is 11.8. The maximum atomic E-state index is 11.8. The first kappa shape index (κ1) is 7.98. The van der Waals surface area contributed by atoms with Gasteiger partial charge in [0.05, 0.1) is 11.5 Å². The van der Waals surface area contributed by atoms with Gasteiger partial charge >= 0.3 is 0 Å². The summed E-state index contributed by atoms with van der Waals surface area (Å²) in [6.07, 6.45) is 4.89. The Hall–Kier alpha value is -0.370. The zero-order valence-corrected chi connectivity index (χ0v) is 8.05. The van der Waals surface area contributed by atoms with Crippen LogP contribution in [0.15, 0.2) is 0 Å². The maximum Gasteiger partial charge on any atom is 0.145 e. The monoisotopic (exact) mass is 180 g/mol. The molecule has 0 unspecified atom stereocenters. The van der Waals surface area contributed by atoms with E-state index in [0.29, 0.717) is 5.78 Å². The summed E-state index contributed by atoms with van der Waals surface area (Å²) in [5.41, 5.74) is -0.127. The van der Waals surface area contributed by atoms with Gasteiger partial charge in [0, 0.05) is 5.92 Å². The number of fused-ring (bicyclic) bond motifs is 1. The Bertz CT molecular complexity index is 286. The lowest BCUT2D eigenvalue weighted by molar-refractivity contribution is -0.176. The van der Waals surface area contributed by atoms with E-state index in [1.807, 2.05) is 0 Å². The molecule has 4 rings (SSSR count). The Morgan fingerprint density at radius 2 is 2.08 bits per heavy atom. The number of hydrogen-bond acceptors (Lipinski definition) is 2. The molecule has 0 heterocycles. The Morgan fingerprint density at radius 3 is 2.69 bits per heavy atom. The second-order valence-electron chi connectivity index (χ2n) is 5.26. The standard InChI is InChI=1S/C11H16O2/c1-10-4-2-3-5-11(10)8(12)6-7(10)9(11)13/h7-8,12H,2-6H2,1H3/t7-,8+,10+,11+/m1/s1. The van der Waals surface area contributed by atoms with Crippen molar-refractivity contribution < 1.29 is 9.90 Å². The molecule has 0 radical (unpaired) electrons. The molecule has 2 nitrogen and oxygen atoms in total. The molecule has 4 aliphatic rings. The summed E-state index contributed by atoms with van der Waals surface area (Å²) < 4.78 is 0. The second-order valence-corrected chi connectivity index (χ2v) is 5.26. The van der Waals surface area contributed by atoms with Crippen molar-refractivity contribution in [1.29, 1.82) is 0 Å². The second kappa shape index (κ2) is 2.00. The smallest absolute Gasteiger partial charge is 0.145 e. The van der Waals surface area contributed by atoms with Gasteiger partial charge in [-0.25, -0.2) is 0 Å². The first-order valence-corrected chi connectivity index (χ1v) is 5.35. The lowest BCUT2D eigenvalue weighted by Crippen LogP contribution is -2.62. The number of aliphatic hydroxyl groups is 1. The third kappa shape index (κ3) is 0.567. The predicted molar refractivity (Wildman–Crippen MR) is 48.1 cm³/mol. The molecule has 4 atom stereocenters. The number of hydrogen-bond donors (Lipinski definition) is 1. The fraction of sp³-hybridized carbons (Fsp3) is 0.909. The summed E-state index contributed by atoms with van der Waals surface area (Å²) in [6.45, 7) is 2.22. The summed E-state index contributed by atoms with van der Waals surface area (Å²) in [7, 11) is 0. The molecule has 72 valence electrons. The van der Waals surface area contributed by atoms with Crippen LogP contribution in [0.25, 0.3) is 0 Å². The van der Waals surface area contributed by atoms with Gasteiger partial charge in [-0.2, -0.15) is 0 Å². The summed E-state index contributed by atoms with van der Waals surface area (Å²) in [6, 6.07) is 0. The minimum atomic E-state index is -0.324. The van der Waals surface area contributed by atoms with E-state index in [1.54, 1.807) is 0 Å². The van der Waals surface area contributed by atoms with E-state index in [9.17, 15) is 9.90 Å². The van der Waals surface area contributed by atoms with Crippen molar-refractivity contribution in [2.45, 2.75) is 45.1 Å². The van der Waals surface area contributed by atoms with Crippen molar-refractivity contribution in [3.8, 4) is 0 Å². The molecule has 2 heteroatoms. The van der Waals surface area contributed by atoms with Crippen molar-refractivity contribution >= 4 is 5.78 Å². The zero-order valence-electron chi connectivity index (χ0n) is 8.05. The van der Waals surface area contributed by atoms with Gasteiger partial charge in [0.1, 0.15) is 5.78 Å². The van der Waals surface area contributed by atoms with E-state index in [2.05, 4.69) is 6.92 Å². The van der Waals surface area contributed by atoms with Crippen molar-refractivity contribution in [2.24, 2.45) is 16.7 Å². The van der Waals surface area contributed by atoms with E-state index >= 15 is 0 Å². The highest BCUT2D eigenvalue weighted by Gasteiger charge is 2.77. The zero-order chi connectivity index (χ0) is 9.27. The SMILES string of the molecule is C[C@@]12CCCC[C@]13C(=O)[C@H]2C[C@@H]3O. The first-order valence-electron chi connectivity index (χ1n) is 5.35. The van der Waals surface area contributed by atoms with Gasteiger partial charge in [-0.1, -0.05) is 19.8 Å². The lowest BCUT2D eigenvalue weighted by atomic mass is 9.43. The quantitative estimate of drug-likeness (QED) is 0.613. The molecule has 0 aliphatic heterocycles. The molecule has 4 saturated carbocycles. The third-order valence-electron chi connectivity index (χ3n) is 5.09. The van der Waals surface area contributed by atoms with Crippen molar-refractivity contribution in [2.75, 3.05) is 0 Å². The number of ketones is 1. The van der Waals surface area contributed by atoms with Crippen LogP contribution in [0.5, 0.6) is 0 Å².